The van der Waals surface area contributed by atoms with Crippen molar-refractivity contribution in [1.82, 2.24) is 0 Å². The molecular formula is C25H18. The summed E-state index contributed by atoms with van der Waals surface area (Å²) in [4.78, 5) is 0. The number of hydrogen-bond donors (Lipinski definition) is 0. The van der Waals surface area contributed by atoms with Gasteiger partial charge in [-0.05, 0) is 55.9 Å². The Morgan fingerprint density at radius 2 is 0.920 bits per heavy atom. The molecule has 0 aromatic heterocycles. The zero-order valence-corrected chi connectivity index (χ0v) is 14.2. The first kappa shape index (κ1) is 14.2. The first-order valence-corrected chi connectivity index (χ1v) is 8.73. The summed E-state index contributed by atoms with van der Waals surface area (Å²) in [5.41, 5.74) is 3.95. The summed E-state index contributed by atoms with van der Waals surface area (Å²) >= 11 is 0. The Balaban J connectivity index is 2.12. The molecule has 5 aromatic rings. The summed E-state index contributed by atoms with van der Waals surface area (Å²) in [7, 11) is 0. The van der Waals surface area contributed by atoms with Crippen LogP contribution in [0.3, 0.4) is 0 Å². The Labute approximate surface area is 147 Å². The van der Waals surface area contributed by atoms with Crippen molar-refractivity contribution in [2.45, 2.75) is 6.92 Å². The fourth-order valence-corrected chi connectivity index (χ4v) is 4.08. The maximum atomic E-state index is 2.28. The molecule has 5 rings (SSSR count). The van der Waals surface area contributed by atoms with Crippen LogP contribution in [-0.2, 0) is 0 Å². The lowest BCUT2D eigenvalue weighted by atomic mass is 9.87. The topological polar surface area (TPSA) is 0 Å². The van der Waals surface area contributed by atoms with Gasteiger partial charge in [0.15, 0.2) is 0 Å². The monoisotopic (exact) mass is 318 g/mol. The van der Waals surface area contributed by atoms with Gasteiger partial charge in [-0.2, -0.15) is 0 Å². The van der Waals surface area contributed by atoms with Crippen molar-refractivity contribution >= 4 is 32.3 Å². The highest BCUT2D eigenvalue weighted by Gasteiger charge is 2.14. The number of rotatable bonds is 1. The van der Waals surface area contributed by atoms with E-state index in [0.717, 1.165) is 0 Å². The summed E-state index contributed by atoms with van der Waals surface area (Å²) in [6, 6.07) is 32.8. The van der Waals surface area contributed by atoms with Crippen LogP contribution in [0.1, 0.15) is 5.56 Å². The van der Waals surface area contributed by atoms with Crippen LogP contribution in [0.2, 0.25) is 0 Å². The van der Waals surface area contributed by atoms with E-state index in [2.05, 4.69) is 97.9 Å². The van der Waals surface area contributed by atoms with Gasteiger partial charge in [0.25, 0.3) is 0 Å². The average molecular weight is 318 g/mol. The molecule has 118 valence electrons. The van der Waals surface area contributed by atoms with E-state index in [1.54, 1.807) is 0 Å². The molecule has 0 heterocycles. The molecular weight excluding hydrogens is 300 g/mol. The summed E-state index contributed by atoms with van der Waals surface area (Å²) < 4.78 is 0. The molecule has 0 saturated carbocycles. The highest BCUT2D eigenvalue weighted by molar-refractivity contribution is 6.28. The van der Waals surface area contributed by atoms with E-state index in [9.17, 15) is 0 Å². The molecule has 0 radical (unpaired) electrons. The molecule has 0 fully saturated rings. The van der Waals surface area contributed by atoms with Crippen molar-refractivity contribution in [2.24, 2.45) is 0 Å². The SMILES string of the molecule is Cc1ccc2c3ccccc3c3ccccc3c2c1-c1ccccc1. The zero-order chi connectivity index (χ0) is 16.8. The second-order valence-electron chi connectivity index (χ2n) is 6.64. The Morgan fingerprint density at radius 3 is 1.56 bits per heavy atom. The molecule has 0 aliphatic rings. The molecule has 0 saturated heterocycles. The summed E-state index contributed by atoms with van der Waals surface area (Å²) in [5.74, 6) is 0. The summed E-state index contributed by atoms with van der Waals surface area (Å²) in [6.07, 6.45) is 0. The van der Waals surface area contributed by atoms with Crippen LogP contribution in [-0.4, -0.2) is 0 Å². The number of hydrogen-bond acceptors (Lipinski definition) is 0. The van der Waals surface area contributed by atoms with Gasteiger partial charge in [-0.1, -0.05) is 91.0 Å². The van der Waals surface area contributed by atoms with Crippen molar-refractivity contribution < 1.29 is 0 Å². The maximum absolute atomic E-state index is 2.28. The Hall–Kier alpha value is -3.12. The van der Waals surface area contributed by atoms with E-state index in [1.807, 2.05) is 0 Å². The summed E-state index contributed by atoms with van der Waals surface area (Å²) in [6.45, 7) is 2.21. The van der Waals surface area contributed by atoms with E-state index in [1.165, 1.54) is 49.0 Å². The second kappa shape index (κ2) is 5.46. The third-order valence-corrected chi connectivity index (χ3v) is 5.18. The predicted octanol–water partition coefficient (Wildman–Crippen LogP) is 7.12. The van der Waals surface area contributed by atoms with Crippen molar-refractivity contribution in [3.63, 3.8) is 0 Å². The lowest BCUT2D eigenvalue weighted by Crippen LogP contribution is -1.90. The van der Waals surface area contributed by atoms with Crippen LogP contribution in [0.5, 0.6) is 0 Å². The van der Waals surface area contributed by atoms with E-state index in [4.69, 9.17) is 0 Å². The van der Waals surface area contributed by atoms with E-state index in [-0.39, 0.29) is 0 Å². The van der Waals surface area contributed by atoms with Crippen molar-refractivity contribution in [3.8, 4) is 11.1 Å². The second-order valence-corrected chi connectivity index (χ2v) is 6.64. The lowest BCUT2D eigenvalue weighted by Gasteiger charge is -2.16. The van der Waals surface area contributed by atoms with Crippen LogP contribution >= 0.6 is 0 Å². The normalized spacial score (nSPS) is 11.4. The van der Waals surface area contributed by atoms with Crippen LogP contribution in [0.15, 0.2) is 91.0 Å². The molecule has 5 aromatic carbocycles. The van der Waals surface area contributed by atoms with Crippen LogP contribution in [0.25, 0.3) is 43.4 Å². The van der Waals surface area contributed by atoms with Crippen molar-refractivity contribution in [3.05, 3.63) is 96.6 Å². The smallest absolute Gasteiger partial charge is 0.00177 e. The molecule has 0 spiro atoms. The van der Waals surface area contributed by atoms with Gasteiger partial charge in [-0.15, -0.1) is 0 Å². The molecule has 0 N–H and O–H groups in total. The molecule has 0 heteroatoms. The molecule has 25 heavy (non-hydrogen) atoms. The lowest BCUT2D eigenvalue weighted by molar-refractivity contribution is 1.49. The Kier molecular flexibility index (Phi) is 3.11. The van der Waals surface area contributed by atoms with Crippen molar-refractivity contribution in [1.29, 1.82) is 0 Å². The van der Waals surface area contributed by atoms with Crippen LogP contribution < -0.4 is 0 Å². The fourth-order valence-electron chi connectivity index (χ4n) is 4.08. The number of aryl methyl sites for hydroxylation is 1. The van der Waals surface area contributed by atoms with Crippen molar-refractivity contribution in [2.75, 3.05) is 0 Å². The molecule has 0 amide bonds. The standard InChI is InChI=1S/C25H18/c1-17-15-16-23-21-13-6-5-11-19(21)20-12-7-8-14-22(20)25(23)24(17)18-9-3-2-4-10-18/h2-16H,1H3. The quantitative estimate of drug-likeness (QED) is 0.289. The number of benzene rings is 5. The largest absolute Gasteiger partial charge is 0.0622 e. The highest BCUT2D eigenvalue weighted by atomic mass is 14.2. The number of fused-ring (bicyclic) bond motifs is 6. The zero-order valence-electron chi connectivity index (χ0n) is 14.2. The third kappa shape index (κ3) is 2.08. The van der Waals surface area contributed by atoms with E-state index in [0.29, 0.717) is 0 Å². The van der Waals surface area contributed by atoms with Gasteiger partial charge in [0.1, 0.15) is 0 Å². The van der Waals surface area contributed by atoms with Gasteiger partial charge in [-0.3, -0.25) is 0 Å². The highest BCUT2D eigenvalue weighted by Crippen LogP contribution is 2.41. The molecule has 0 nitrogen and oxygen atoms in total. The average Bonchev–Trinajstić information content (AvgIpc) is 2.68. The van der Waals surface area contributed by atoms with Gasteiger partial charge in [-0.25, -0.2) is 0 Å². The minimum atomic E-state index is 1.28. The molecule has 0 unspecified atom stereocenters. The molecule has 0 atom stereocenters. The Morgan fingerprint density at radius 1 is 0.440 bits per heavy atom. The molecule has 0 aliphatic carbocycles. The third-order valence-electron chi connectivity index (χ3n) is 5.18. The van der Waals surface area contributed by atoms with Crippen LogP contribution in [0, 0.1) is 6.92 Å². The van der Waals surface area contributed by atoms with Gasteiger partial charge in [0.2, 0.25) is 0 Å². The maximum Gasteiger partial charge on any atom is -0.00177 e. The summed E-state index contributed by atoms with van der Waals surface area (Å²) in [5, 5.41) is 8.01. The molecule has 0 aliphatic heterocycles. The van der Waals surface area contributed by atoms with Gasteiger partial charge >= 0.3 is 0 Å². The van der Waals surface area contributed by atoms with Crippen LogP contribution in [0.4, 0.5) is 0 Å². The minimum absolute atomic E-state index is 1.28. The van der Waals surface area contributed by atoms with E-state index < -0.39 is 0 Å². The fraction of sp³-hybridized carbons (Fsp3) is 0.0400. The van der Waals surface area contributed by atoms with Gasteiger partial charge < -0.3 is 0 Å². The van der Waals surface area contributed by atoms with Gasteiger partial charge in [0.05, 0.1) is 0 Å². The van der Waals surface area contributed by atoms with Gasteiger partial charge in [0, 0.05) is 0 Å². The Bertz CT molecular complexity index is 1200. The minimum Gasteiger partial charge on any atom is -0.0622 e. The van der Waals surface area contributed by atoms with E-state index >= 15 is 0 Å². The molecule has 0 bridgehead atoms. The first-order chi connectivity index (χ1) is 12.3. The first-order valence-electron chi connectivity index (χ1n) is 8.73. The predicted molar refractivity (Wildman–Crippen MR) is 109 cm³/mol.